The quantitative estimate of drug-likeness (QED) is 0.887. The summed E-state index contributed by atoms with van der Waals surface area (Å²) in [6.45, 7) is 0.948. The summed E-state index contributed by atoms with van der Waals surface area (Å²) in [5.41, 5.74) is 2.86. The average Bonchev–Trinajstić information content (AvgIpc) is 2.46. The zero-order valence-electron chi connectivity index (χ0n) is 11.2. The highest BCUT2D eigenvalue weighted by atomic mass is 16.4. The van der Waals surface area contributed by atoms with Crippen LogP contribution in [-0.4, -0.2) is 34.6 Å². The first-order chi connectivity index (χ1) is 9.25. The lowest BCUT2D eigenvalue weighted by Gasteiger charge is -2.41. The molecule has 2 unspecified atom stereocenters. The molecule has 102 valence electrons. The van der Waals surface area contributed by atoms with Crippen LogP contribution in [0.2, 0.25) is 0 Å². The van der Waals surface area contributed by atoms with E-state index in [4.69, 9.17) is 0 Å². The van der Waals surface area contributed by atoms with Crippen molar-refractivity contribution in [2.45, 2.75) is 50.6 Å². The molecular weight excluding hydrogens is 238 g/mol. The molecule has 0 radical (unpaired) electrons. The number of rotatable bonds is 2. The van der Waals surface area contributed by atoms with Crippen molar-refractivity contribution < 1.29 is 9.90 Å². The first-order valence-corrected chi connectivity index (χ1v) is 7.31. The van der Waals surface area contributed by atoms with E-state index in [2.05, 4.69) is 29.2 Å². The molecule has 1 fully saturated rings. The van der Waals surface area contributed by atoms with Crippen LogP contribution in [-0.2, 0) is 17.6 Å². The largest absolute Gasteiger partial charge is 0.480 e. The normalized spacial score (nSPS) is 27.8. The third kappa shape index (κ3) is 2.52. The smallest absolute Gasteiger partial charge is 0.320 e. The summed E-state index contributed by atoms with van der Waals surface area (Å²) in [6.07, 6.45) is 6.20. The molecule has 1 aromatic rings. The third-order valence-corrected chi connectivity index (χ3v) is 4.62. The van der Waals surface area contributed by atoms with Gasteiger partial charge in [0.1, 0.15) is 6.04 Å². The van der Waals surface area contributed by atoms with Crippen molar-refractivity contribution in [1.82, 2.24) is 4.90 Å². The van der Waals surface area contributed by atoms with E-state index in [1.807, 2.05) is 0 Å². The van der Waals surface area contributed by atoms with Gasteiger partial charge >= 0.3 is 5.97 Å². The number of carbonyl (C=O) groups is 1. The summed E-state index contributed by atoms with van der Waals surface area (Å²) in [7, 11) is 0. The number of piperidine rings is 1. The molecule has 0 saturated carbocycles. The van der Waals surface area contributed by atoms with Crippen LogP contribution in [0.15, 0.2) is 24.3 Å². The summed E-state index contributed by atoms with van der Waals surface area (Å²) in [5.74, 6) is -0.640. The van der Waals surface area contributed by atoms with Crippen molar-refractivity contribution in [3.63, 3.8) is 0 Å². The molecule has 1 aromatic carbocycles. The van der Waals surface area contributed by atoms with Crippen molar-refractivity contribution in [2.24, 2.45) is 0 Å². The van der Waals surface area contributed by atoms with Gasteiger partial charge in [0, 0.05) is 6.04 Å². The lowest BCUT2D eigenvalue weighted by atomic mass is 9.85. The Morgan fingerprint density at radius 2 is 1.95 bits per heavy atom. The predicted molar refractivity (Wildman–Crippen MR) is 74.2 cm³/mol. The fourth-order valence-corrected chi connectivity index (χ4v) is 3.62. The minimum Gasteiger partial charge on any atom is -0.480 e. The molecule has 3 nitrogen and oxygen atoms in total. The monoisotopic (exact) mass is 259 g/mol. The van der Waals surface area contributed by atoms with Gasteiger partial charge < -0.3 is 5.11 Å². The van der Waals surface area contributed by atoms with Crippen molar-refractivity contribution in [3.05, 3.63) is 35.4 Å². The fourth-order valence-electron chi connectivity index (χ4n) is 3.62. The number of nitrogens with zero attached hydrogens (tertiary/aromatic N) is 1. The van der Waals surface area contributed by atoms with E-state index >= 15 is 0 Å². The van der Waals surface area contributed by atoms with Crippen molar-refractivity contribution >= 4 is 5.97 Å². The molecule has 0 bridgehead atoms. The number of benzene rings is 1. The Bertz CT molecular complexity index is 472. The van der Waals surface area contributed by atoms with Crippen LogP contribution < -0.4 is 0 Å². The molecule has 3 rings (SSSR count). The highest BCUT2D eigenvalue weighted by molar-refractivity contribution is 5.73. The summed E-state index contributed by atoms with van der Waals surface area (Å²) < 4.78 is 0. The number of hydrogen-bond acceptors (Lipinski definition) is 2. The molecule has 19 heavy (non-hydrogen) atoms. The van der Waals surface area contributed by atoms with Crippen molar-refractivity contribution in [3.8, 4) is 0 Å². The molecule has 1 aliphatic carbocycles. The van der Waals surface area contributed by atoms with Gasteiger partial charge in [-0.15, -0.1) is 0 Å². The Hall–Kier alpha value is -1.35. The molecule has 0 amide bonds. The average molecular weight is 259 g/mol. The van der Waals surface area contributed by atoms with E-state index in [9.17, 15) is 9.90 Å². The summed E-state index contributed by atoms with van der Waals surface area (Å²) in [5, 5.41) is 9.39. The van der Waals surface area contributed by atoms with Crippen LogP contribution in [0.3, 0.4) is 0 Å². The SMILES string of the molecule is O=C(O)C1CCCCN1C1CCc2ccccc2C1. The number of aliphatic carboxylic acids is 1. The Balaban J connectivity index is 1.78. The van der Waals surface area contributed by atoms with Gasteiger partial charge in [0.05, 0.1) is 0 Å². The van der Waals surface area contributed by atoms with E-state index in [0.29, 0.717) is 6.04 Å². The third-order valence-electron chi connectivity index (χ3n) is 4.62. The maximum Gasteiger partial charge on any atom is 0.320 e. The number of likely N-dealkylation sites (tertiary alicyclic amines) is 1. The molecule has 1 aliphatic heterocycles. The van der Waals surface area contributed by atoms with Crippen molar-refractivity contribution in [1.29, 1.82) is 0 Å². The summed E-state index contributed by atoms with van der Waals surface area (Å²) >= 11 is 0. The van der Waals surface area contributed by atoms with Crippen LogP contribution in [0.25, 0.3) is 0 Å². The fraction of sp³-hybridized carbons (Fsp3) is 0.562. The molecule has 0 aromatic heterocycles. The van der Waals surface area contributed by atoms with E-state index in [1.54, 1.807) is 0 Å². The Kier molecular flexibility index (Phi) is 3.56. The Morgan fingerprint density at radius 1 is 1.16 bits per heavy atom. The molecule has 1 N–H and O–H groups in total. The maximum atomic E-state index is 11.4. The van der Waals surface area contributed by atoms with Crippen LogP contribution >= 0.6 is 0 Å². The van der Waals surface area contributed by atoms with Gasteiger partial charge in [-0.05, 0) is 49.8 Å². The molecule has 2 atom stereocenters. The number of hydrogen-bond donors (Lipinski definition) is 1. The molecule has 0 spiro atoms. The minimum absolute atomic E-state index is 0.260. The second kappa shape index (κ2) is 5.33. The van der Waals surface area contributed by atoms with Gasteiger partial charge in [0.25, 0.3) is 0 Å². The number of fused-ring (bicyclic) bond motifs is 1. The molecule has 3 heteroatoms. The lowest BCUT2D eigenvalue weighted by molar-refractivity contribution is -0.146. The van der Waals surface area contributed by atoms with E-state index in [1.165, 1.54) is 11.1 Å². The van der Waals surface area contributed by atoms with Crippen LogP contribution in [0.1, 0.15) is 36.8 Å². The van der Waals surface area contributed by atoms with Crippen molar-refractivity contribution in [2.75, 3.05) is 6.54 Å². The predicted octanol–water partition coefficient (Wildman–Crippen LogP) is 2.48. The zero-order chi connectivity index (χ0) is 13.2. The lowest BCUT2D eigenvalue weighted by Crippen LogP contribution is -2.51. The second-order valence-electron chi connectivity index (χ2n) is 5.75. The van der Waals surface area contributed by atoms with Crippen LogP contribution in [0.5, 0.6) is 0 Å². The van der Waals surface area contributed by atoms with E-state index < -0.39 is 5.97 Å². The standard InChI is InChI=1S/C16H21NO2/c18-16(19)15-7-3-4-10-17(15)14-9-8-12-5-1-2-6-13(12)11-14/h1-2,5-6,14-15H,3-4,7-11H2,(H,18,19). The summed E-state index contributed by atoms with van der Waals surface area (Å²) in [4.78, 5) is 13.7. The number of carboxylic acid groups (broad SMARTS) is 1. The molecule has 2 aliphatic rings. The Labute approximate surface area is 114 Å². The molecule has 1 saturated heterocycles. The zero-order valence-corrected chi connectivity index (χ0v) is 11.2. The minimum atomic E-state index is -0.640. The maximum absolute atomic E-state index is 11.4. The highest BCUT2D eigenvalue weighted by Gasteiger charge is 2.34. The van der Waals surface area contributed by atoms with Gasteiger partial charge in [0.15, 0.2) is 0 Å². The topological polar surface area (TPSA) is 40.5 Å². The van der Waals surface area contributed by atoms with Gasteiger partial charge in [0.2, 0.25) is 0 Å². The van der Waals surface area contributed by atoms with E-state index in [-0.39, 0.29) is 6.04 Å². The van der Waals surface area contributed by atoms with Gasteiger partial charge in [-0.1, -0.05) is 30.7 Å². The highest BCUT2D eigenvalue weighted by Crippen LogP contribution is 2.29. The second-order valence-corrected chi connectivity index (χ2v) is 5.75. The van der Waals surface area contributed by atoms with Gasteiger partial charge in [-0.2, -0.15) is 0 Å². The number of aryl methyl sites for hydroxylation is 1. The van der Waals surface area contributed by atoms with Gasteiger partial charge in [-0.25, -0.2) is 0 Å². The van der Waals surface area contributed by atoms with Crippen LogP contribution in [0, 0.1) is 0 Å². The van der Waals surface area contributed by atoms with Gasteiger partial charge in [-0.3, -0.25) is 9.69 Å². The van der Waals surface area contributed by atoms with Crippen LogP contribution in [0.4, 0.5) is 0 Å². The molecule has 1 heterocycles. The summed E-state index contributed by atoms with van der Waals surface area (Å²) in [6, 6.07) is 8.74. The Morgan fingerprint density at radius 3 is 2.74 bits per heavy atom. The number of carboxylic acids is 1. The van der Waals surface area contributed by atoms with E-state index in [0.717, 1.165) is 45.1 Å². The first-order valence-electron chi connectivity index (χ1n) is 7.31. The molecular formula is C16H21NO2. The first kappa shape index (κ1) is 12.7.